The van der Waals surface area contributed by atoms with Crippen molar-refractivity contribution in [1.29, 1.82) is 0 Å². The number of thiophene rings is 1. The summed E-state index contributed by atoms with van der Waals surface area (Å²) in [6.07, 6.45) is 5.39. The van der Waals surface area contributed by atoms with E-state index < -0.39 is 0 Å². The number of thioether (sulfide) groups is 1. The lowest BCUT2D eigenvalue weighted by Crippen LogP contribution is -2.27. The number of benzene rings is 1. The maximum absolute atomic E-state index is 12.2. The van der Waals surface area contributed by atoms with Crippen molar-refractivity contribution in [3.8, 4) is 0 Å². The standard InChI is InChI=1S/C20H20N4OS2/c1-2-14-9-16-19(23-12-24-20(16)27-14)26-11-18(25)21-8-7-13-10-22-17-6-4-3-5-15(13)17/h3-6,9-10,12,22H,2,7-8,11H2,1H3,(H,21,25). The molecule has 3 heterocycles. The zero-order valence-corrected chi connectivity index (χ0v) is 16.6. The van der Waals surface area contributed by atoms with E-state index in [2.05, 4.69) is 45.4 Å². The van der Waals surface area contributed by atoms with Crippen molar-refractivity contribution in [2.75, 3.05) is 12.3 Å². The molecule has 5 nitrogen and oxygen atoms in total. The molecule has 0 unspecified atom stereocenters. The van der Waals surface area contributed by atoms with Gasteiger partial charge in [0.1, 0.15) is 16.2 Å². The summed E-state index contributed by atoms with van der Waals surface area (Å²) >= 11 is 3.16. The number of aryl methyl sites for hydroxylation is 1. The van der Waals surface area contributed by atoms with Gasteiger partial charge in [-0.25, -0.2) is 9.97 Å². The Morgan fingerprint density at radius 1 is 1.26 bits per heavy atom. The van der Waals surface area contributed by atoms with Crippen molar-refractivity contribution in [2.45, 2.75) is 24.8 Å². The number of aromatic amines is 1. The highest BCUT2D eigenvalue weighted by atomic mass is 32.2. The van der Waals surface area contributed by atoms with E-state index in [-0.39, 0.29) is 5.91 Å². The predicted octanol–water partition coefficient (Wildman–Crippen LogP) is 4.19. The summed E-state index contributed by atoms with van der Waals surface area (Å²) in [6.45, 7) is 2.75. The number of hydrogen-bond donors (Lipinski definition) is 2. The Labute approximate surface area is 165 Å². The number of nitrogens with one attached hydrogen (secondary N) is 2. The molecule has 4 rings (SSSR count). The lowest BCUT2D eigenvalue weighted by Gasteiger charge is -2.05. The van der Waals surface area contributed by atoms with Gasteiger partial charge in [-0.05, 0) is 30.5 Å². The molecule has 0 fully saturated rings. The van der Waals surface area contributed by atoms with Gasteiger partial charge in [0.15, 0.2) is 0 Å². The molecule has 2 N–H and O–H groups in total. The summed E-state index contributed by atoms with van der Waals surface area (Å²) in [7, 11) is 0. The van der Waals surface area contributed by atoms with E-state index in [4.69, 9.17) is 0 Å². The number of rotatable bonds is 7. The van der Waals surface area contributed by atoms with Crippen molar-refractivity contribution in [3.05, 3.63) is 53.3 Å². The Morgan fingerprint density at radius 2 is 2.15 bits per heavy atom. The first-order valence-corrected chi connectivity index (χ1v) is 10.7. The first-order valence-electron chi connectivity index (χ1n) is 8.92. The molecule has 0 spiro atoms. The van der Waals surface area contributed by atoms with E-state index >= 15 is 0 Å². The van der Waals surface area contributed by atoms with Crippen molar-refractivity contribution in [1.82, 2.24) is 20.3 Å². The second kappa shape index (κ2) is 8.10. The van der Waals surface area contributed by atoms with E-state index in [1.165, 1.54) is 27.6 Å². The number of hydrogen-bond acceptors (Lipinski definition) is 5. The average Bonchev–Trinajstić information content (AvgIpc) is 3.30. The topological polar surface area (TPSA) is 70.7 Å². The molecular weight excluding hydrogens is 376 g/mol. The van der Waals surface area contributed by atoms with Crippen molar-refractivity contribution in [3.63, 3.8) is 0 Å². The van der Waals surface area contributed by atoms with Crippen LogP contribution in [0.25, 0.3) is 21.1 Å². The first-order chi connectivity index (χ1) is 13.2. The Bertz CT molecular complexity index is 1090. The largest absolute Gasteiger partial charge is 0.361 e. The van der Waals surface area contributed by atoms with Crippen LogP contribution in [-0.2, 0) is 17.6 Å². The van der Waals surface area contributed by atoms with Gasteiger partial charge in [0, 0.05) is 33.9 Å². The Morgan fingerprint density at radius 3 is 3.04 bits per heavy atom. The predicted molar refractivity (Wildman–Crippen MR) is 113 cm³/mol. The van der Waals surface area contributed by atoms with Crippen LogP contribution in [0.4, 0.5) is 0 Å². The summed E-state index contributed by atoms with van der Waals surface area (Å²) in [5.41, 5.74) is 2.35. The van der Waals surface area contributed by atoms with E-state index in [1.807, 2.05) is 18.3 Å². The third kappa shape index (κ3) is 3.99. The molecule has 0 saturated carbocycles. The molecule has 7 heteroatoms. The van der Waals surface area contributed by atoms with Crippen LogP contribution in [0.5, 0.6) is 0 Å². The number of amides is 1. The van der Waals surface area contributed by atoms with Crippen LogP contribution in [0.3, 0.4) is 0 Å². The molecule has 0 aliphatic heterocycles. The summed E-state index contributed by atoms with van der Waals surface area (Å²) in [4.78, 5) is 26.5. The molecular formula is C20H20N4OS2. The SMILES string of the molecule is CCc1cc2c(SCC(=O)NCCc3c[nH]c4ccccc34)ncnc2s1. The number of aromatic nitrogens is 3. The van der Waals surface area contributed by atoms with E-state index in [9.17, 15) is 4.79 Å². The maximum Gasteiger partial charge on any atom is 0.230 e. The fraction of sp³-hybridized carbons (Fsp3) is 0.250. The smallest absolute Gasteiger partial charge is 0.230 e. The molecule has 1 amide bonds. The third-order valence-electron chi connectivity index (χ3n) is 4.42. The van der Waals surface area contributed by atoms with Crippen LogP contribution in [-0.4, -0.2) is 33.2 Å². The van der Waals surface area contributed by atoms with Gasteiger partial charge in [-0.15, -0.1) is 11.3 Å². The summed E-state index contributed by atoms with van der Waals surface area (Å²) < 4.78 is 0. The summed E-state index contributed by atoms with van der Waals surface area (Å²) in [5, 5.41) is 6.15. The number of H-pyrrole nitrogens is 1. The van der Waals surface area contributed by atoms with Crippen molar-refractivity contribution >= 4 is 50.1 Å². The second-order valence-corrected chi connectivity index (χ2v) is 8.29. The molecule has 0 saturated heterocycles. The van der Waals surface area contributed by atoms with Crippen molar-refractivity contribution < 1.29 is 4.79 Å². The lowest BCUT2D eigenvalue weighted by molar-refractivity contribution is -0.118. The minimum absolute atomic E-state index is 0.0255. The van der Waals surface area contributed by atoms with Gasteiger partial charge in [-0.3, -0.25) is 4.79 Å². The normalized spacial score (nSPS) is 11.3. The van der Waals surface area contributed by atoms with Gasteiger partial charge < -0.3 is 10.3 Å². The molecule has 0 aliphatic rings. The highest BCUT2D eigenvalue weighted by molar-refractivity contribution is 8.00. The van der Waals surface area contributed by atoms with Gasteiger partial charge in [0.25, 0.3) is 0 Å². The van der Waals surface area contributed by atoms with Gasteiger partial charge in [0.2, 0.25) is 5.91 Å². The van der Waals surface area contributed by atoms with E-state index in [0.29, 0.717) is 12.3 Å². The molecule has 0 bridgehead atoms. The molecule has 1 aromatic carbocycles. The number of fused-ring (bicyclic) bond motifs is 2. The van der Waals surface area contributed by atoms with Crippen LogP contribution >= 0.6 is 23.1 Å². The van der Waals surface area contributed by atoms with Crippen molar-refractivity contribution in [2.24, 2.45) is 0 Å². The number of carbonyl (C=O) groups is 1. The zero-order chi connectivity index (χ0) is 18.6. The fourth-order valence-electron chi connectivity index (χ4n) is 3.03. The maximum atomic E-state index is 12.2. The molecule has 0 aliphatic carbocycles. The Hall–Kier alpha value is -2.38. The van der Waals surface area contributed by atoms with Crippen LogP contribution in [0, 0.1) is 0 Å². The number of nitrogens with zero attached hydrogens (tertiary/aromatic N) is 2. The quantitative estimate of drug-likeness (QED) is 0.363. The zero-order valence-electron chi connectivity index (χ0n) is 15.0. The summed E-state index contributed by atoms with van der Waals surface area (Å²) in [6, 6.07) is 10.3. The minimum atomic E-state index is 0.0255. The highest BCUT2D eigenvalue weighted by Gasteiger charge is 2.11. The molecule has 3 aromatic heterocycles. The van der Waals surface area contributed by atoms with Gasteiger partial charge in [-0.2, -0.15) is 0 Å². The van der Waals surface area contributed by atoms with Crippen LogP contribution in [0.2, 0.25) is 0 Å². The monoisotopic (exact) mass is 396 g/mol. The molecule has 0 radical (unpaired) electrons. The fourth-order valence-corrected chi connectivity index (χ4v) is 4.84. The second-order valence-electron chi connectivity index (χ2n) is 6.21. The molecule has 0 atom stereocenters. The molecule has 138 valence electrons. The van der Waals surface area contributed by atoms with Crippen LogP contribution < -0.4 is 5.32 Å². The van der Waals surface area contributed by atoms with Gasteiger partial charge in [-0.1, -0.05) is 36.9 Å². The Balaban J connectivity index is 1.32. The van der Waals surface area contributed by atoms with E-state index in [1.54, 1.807) is 17.7 Å². The van der Waals surface area contributed by atoms with Crippen LogP contribution in [0.15, 0.2) is 47.9 Å². The van der Waals surface area contributed by atoms with Gasteiger partial charge >= 0.3 is 0 Å². The average molecular weight is 397 g/mol. The summed E-state index contributed by atoms with van der Waals surface area (Å²) in [5.74, 6) is 0.384. The highest BCUT2D eigenvalue weighted by Crippen LogP contribution is 2.30. The first kappa shape index (κ1) is 18.0. The van der Waals surface area contributed by atoms with Crippen LogP contribution in [0.1, 0.15) is 17.4 Å². The third-order valence-corrected chi connectivity index (χ3v) is 6.62. The van der Waals surface area contributed by atoms with Gasteiger partial charge in [0.05, 0.1) is 5.75 Å². The Kier molecular flexibility index (Phi) is 5.40. The minimum Gasteiger partial charge on any atom is -0.361 e. The molecule has 27 heavy (non-hydrogen) atoms. The molecule has 4 aromatic rings. The lowest BCUT2D eigenvalue weighted by atomic mass is 10.1. The van der Waals surface area contributed by atoms with E-state index in [0.717, 1.165) is 33.6 Å². The number of carbonyl (C=O) groups excluding carboxylic acids is 1. The number of para-hydroxylation sites is 1.